The summed E-state index contributed by atoms with van der Waals surface area (Å²) in [5, 5.41) is 8.57. The van der Waals surface area contributed by atoms with Gasteiger partial charge in [-0.1, -0.05) is 6.07 Å². The lowest BCUT2D eigenvalue weighted by Crippen LogP contribution is -2.23. The van der Waals surface area contributed by atoms with Gasteiger partial charge in [-0.25, -0.2) is 17.1 Å². The van der Waals surface area contributed by atoms with E-state index in [1.54, 1.807) is 0 Å². The topological polar surface area (TPSA) is 61.2 Å². The number of halogens is 1. The molecule has 6 heteroatoms. The van der Waals surface area contributed by atoms with Gasteiger partial charge in [0.15, 0.2) is 0 Å². The lowest BCUT2D eigenvalue weighted by Gasteiger charge is -2.13. The molecule has 1 rings (SSSR count). The van der Waals surface area contributed by atoms with Gasteiger partial charge in [-0.15, -0.1) is 0 Å². The maximum absolute atomic E-state index is 13.0. The molecule has 0 aromatic heterocycles. The molecule has 1 aromatic carbocycles. The lowest BCUT2D eigenvalue weighted by molar-refractivity contribution is 0.518. The fourth-order valence-corrected chi connectivity index (χ4v) is 2.32. The van der Waals surface area contributed by atoms with Crippen LogP contribution in [0.1, 0.15) is 5.56 Å². The van der Waals surface area contributed by atoms with Gasteiger partial charge >= 0.3 is 0 Å². The predicted octanol–water partition coefficient (Wildman–Crippen LogP) is 1.14. The van der Waals surface area contributed by atoms with E-state index in [2.05, 4.69) is 0 Å². The zero-order valence-electron chi connectivity index (χ0n) is 8.94. The summed E-state index contributed by atoms with van der Waals surface area (Å²) in [7, 11) is -0.995. The molecule has 0 saturated carbocycles. The van der Waals surface area contributed by atoms with E-state index in [1.165, 1.54) is 20.2 Å². The monoisotopic (exact) mass is 242 g/mol. The fourth-order valence-electron chi connectivity index (χ4n) is 1.20. The van der Waals surface area contributed by atoms with Crippen molar-refractivity contribution in [2.45, 2.75) is 11.3 Å². The summed E-state index contributed by atoms with van der Waals surface area (Å²) < 4.78 is 37.7. The highest BCUT2D eigenvalue weighted by atomic mass is 32.2. The molecule has 0 aliphatic rings. The third-order valence-electron chi connectivity index (χ3n) is 2.06. The van der Waals surface area contributed by atoms with E-state index >= 15 is 0 Å². The SMILES string of the molecule is CN(C)S(=O)(=O)c1cc(F)ccc1CC#N. The third kappa shape index (κ3) is 2.38. The Hall–Kier alpha value is -1.45. The molecular weight excluding hydrogens is 231 g/mol. The second-order valence-corrected chi connectivity index (χ2v) is 5.49. The Kier molecular flexibility index (Phi) is 3.62. The van der Waals surface area contributed by atoms with Crippen LogP contribution in [-0.4, -0.2) is 26.8 Å². The Labute approximate surface area is 94.0 Å². The first-order valence-electron chi connectivity index (χ1n) is 4.47. The Morgan fingerprint density at radius 3 is 2.56 bits per heavy atom. The van der Waals surface area contributed by atoms with E-state index in [0.29, 0.717) is 5.56 Å². The third-order valence-corrected chi connectivity index (χ3v) is 3.95. The summed E-state index contributed by atoms with van der Waals surface area (Å²) in [6.45, 7) is 0. The molecule has 0 heterocycles. The molecule has 1 aromatic rings. The molecule has 0 fully saturated rings. The second-order valence-electron chi connectivity index (χ2n) is 3.37. The van der Waals surface area contributed by atoms with Gasteiger partial charge < -0.3 is 0 Å². The zero-order valence-corrected chi connectivity index (χ0v) is 9.75. The maximum Gasteiger partial charge on any atom is 0.242 e. The molecule has 0 atom stereocenters. The zero-order chi connectivity index (χ0) is 12.3. The highest BCUT2D eigenvalue weighted by Crippen LogP contribution is 2.20. The summed E-state index contributed by atoms with van der Waals surface area (Å²) in [5.41, 5.74) is 0.303. The van der Waals surface area contributed by atoms with Gasteiger partial charge in [0, 0.05) is 14.1 Å². The van der Waals surface area contributed by atoms with Gasteiger partial charge in [0.2, 0.25) is 10.0 Å². The first-order chi connectivity index (χ1) is 7.39. The maximum atomic E-state index is 13.0. The van der Waals surface area contributed by atoms with E-state index in [-0.39, 0.29) is 11.3 Å². The largest absolute Gasteiger partial charge is 0.242 e. The summed E-state index contributed by atoms with van der Waals surface area (Å²) in [6, 6.07) is 5.24. The second kappa shape index (κ2) is 4.60. The fraction of sp³-hybridized carbons (Fsp3) is 0.300. The van der Waals surface area contributed by atoms with Crippen molar-refractivity contribution in [3.8, 4) is 6.07 Å². The molecule has 0 radical (unpaired) electrons. The summed E-state index contributed by atoms with van der Waals surface area (Å²) >= 11 is 0. The molecule has 0 spiro atoms. The molecule has 86 valence electrons. The Bertz CT molecular complexity index is 532. The van der Waals surface area contributed by atoms with Crippen LogP contribution in [0.3, 0.4) is 0 Å². The average molecular weight is 242 g/mol. The van der Waals surface area contributed by atoms with Crippen LogP contribution in [0, 0.1) is 17.1 Å². The Morgan fingerprint density at radius 1 is 1.44 bits per heavy atom. The molecular formula is C10H11FN2O2S. The normalized spacial score (nSPS) is 11.4. The Balaban J connectivity index is 3.43. The standard InChI is InChI=1S/C10H11FN2O2S/c1-13(2)16(14,15)10-7-9(11)4-3-8(10)5-6-12/h3-4,7H,5H2,1-2H3. The highest BCUT2D eigenvalue weighted by Gasteiger charge is 2.21. The number of hydrogen-bond acceptors (Lipinski definition) is 3. The van der Waals surface area contributed by atoms with Gasteiger partial charge in [-0.05, 0) is 17.7 Å². The minimum Gasteiger partial charge on any atom is -0.207 e. The van der Waals surface area contributed by atoms with Crippen molar-refractivity contribution in [3.05, 3.63) is 29.6 Å². The number of nitrogens with zero attached hydrogens (tertiary/aromatic N) is 2. The van der Waals surface area contributed by atoms with Crippen molar-refractivity contribution in [2.24, 2.45) is 0 Å². The van der Waals surface area contributed by atoms with Gasteiger partial charge in [0.1, 0.15) is 5.82 Å². The van der Waals surface area contributed by atoms with Crippen LogP contribution >= 0.6 is 0 Å². The van der Waals surface area contributed by atoms with Gasteiger partial charge in [-0.2, -0.15) is 5.26 Å². The van der Waals surface area contributed by atoms with Crippen LogP contribution < -0.4 is 0 Å². The van der Waals surface area contributed by atoms with E-state index in [0.717, 1.165) is 16.4 Å². The first-order valence-corrected chi connectivity index (χ1v) is 5.91. The van der Waals surface area contributed by atoms with E-state index < -0.39 is 15.8 Å². The van der Waals surface area contributed by atoms with Crippen LogP contribution in [0.4, 0.5) is 4.39 Å². The van der Waals surface area contributed by atoms with Crippen LogP contribution in [0.25, 0.3) is 0 Å². The van der Waals surface area contributed by atoms with Crippen LogP contribution in [-0.2, 0) is 16.4 Å². The predicted molar refractivity (Wildman–Crippen MR) is 56.6 cm³/mol. The number of nitriles is 1. The molecule has 0 bridgehead atoms. The van der Waals surface area contributed by atoms with Crippen molar-refractivity contribution in [3.63, 3.8) is 0 Å². The van der Waals surface area contributed by atoms with Gasteiger partial charge in [0.05, 0.1) is 17.4 Å². The number of rotatable bonds is 3. The van der Waals surface area contributed by atoms with Gasteiger partial charge in [0.25, 0.3) is 0 Å². The quantitative estimate of drug-likeness (QED) is 0.798. The van der Waals surface area contributed by atoms with Crippen LogP contribution in [0.15, 0.2) is 23.1 Å². The van der Waals surface area contributed by atoms with Crippen molar-refractivity contribution in [2.75, 3.05) is 14.1 Å². The Morgan fingerprint density at radius 2 is 2.06 bits per heavy atom. The van der Waals surface area contributed by atoms with Crippen molar-refractivity contribution >= 4 is 10.0 Å². The average Bonchev–Trinajstić information content (AvgIpc) is 2.20. The van der Waals surface area contributed by atoms with E-state index in [1.807, 2.05) is 6.07 Å². The highest BCUT2D eigenvalue weighted by molar-refractivity contribution is 7.89. The minimum atomic E-state index is -3.71. The molecule has 0 aliphatic heterocycles. The first kappa shape index (κ1) is 12.6. The molecule has 0 aliphatic carbocycles. The molecule has 0 unspecified atom stereocenters. The van der Waals surface area contributed by atoms with Crippen molar-refractivity contribution in [1.29, 1.82) is 5.26 Å². The summed E-state index contributed by atoms with van der Waals surface area (Å²) in [6.07, 6.45) is -0.0668. The molecule has 0 N–H and O–H groups in total. The molecule has 0 saturated heterocycles. The van der Waals surface area contributed by atoms with E-state index in [4.69, 9.17) is 5.26 Å². The summed E-state index contributed by atoms with van der Waals surface area (Å²) in [4.78, 5) is -0.154. The minimum absolute atomic E-state index is 0.0668. The van der Waals surface area contributed by atoms with Crippen molar-refractivity contribution < 1.29 is 12.8 Å². The smallest absolute Gasteiger partial charge is 0.207 e. The number of benzene rings is 1. The molecule has 16 heavy (non-hydrogen) atoms. The van der Waals surface area contributed by atoms with Gasteiger partial charge in [-0.3, -0.25) is 0 Å². The molecule has 0 amide bonds. The number of sulfonamides is 1. The number of hydrogen-bond donors (Lipinski definition) is 0. The lowest BCUT2D eigenvalue weighted by atomic mass is 10.2. The van der Waals surface area contributed by atoms with Crippen LogP contribution in [0.5, 0.6) is 0 Å². The van der Waals surface area contributed by atoms with Crippen LogP contribution in [0.2, 0.25) is 0 Å². The van der Waals surface area contributed by atoms with Crippen molar-refractivity contribution in [1.82, 2.24) is 4.31 Å². The molecule has 4 nitrogen and oxygen atoms in total. The summed E-state index contributed by atoms with van der Waals surface area (Å²) in [5.74, 6) is -0.637. The van der Waals surface area contributed by atoms with E-state index in [9.17, 15) is 12.8 Å².